The summed E-state index contributed by atoms with van der Waals surface area (Å²) < 4.78 is 10.8. The van der Waals surface area contributed by atoms with Crippen molar-refractivity contribution in [3.05, 3.63) is 12.2 Å². The second kappa shape index (κ2) is 2.12. The highest BCUT2D eigenvalue weighted by Crippen LogP contribution is 2.40. The van der Waals surface area contributed by atoms with Crippen molar-refractivity contribution < 1.29 is 9.47 Å². The van der Waals surface area contributed by atoms with Crippen LogP contribution in [0.1, 0.15) is 27.7 Å². The third-order valence-corrected chi connectivity index (χ3v) is 2.84. The molecule has 0 unspecified atom stereocenters. The molecule has 0 radical (unpaired) electrons. The van der Waals surface area contributed by atoms with Gasteiger partial charge in [0, 0.05) is 0 Å². The van der Waals surface area contributed by atoms with E-state index in [4.69, 9.17) is 9.47 Å². The summed E-state index contributed by atoms with van der Waals surface area (Å²) in [7, 11) is 0. The number of epoxide rings is 2. The van der Waals surface area contributed by atoms with Crippen LogP contribution >= 0.6 is 0 Å². The number of hydrogen-bond donors (Lipinski definition) is 0. The van der Waals surface area contributed by atoms with Crippen LogP contribution in [0.5, 0.6) is 0 Å². The molecule has 2 heteroatoms. The predicted octanol–water partition coefficient (Wildman–Crippen LogP) is 1.90. The van der Waals surface area contributed by atoms with Crippen molar-refractivity contribution in [2.45, 2.75) is 51.1 Å². The van der Waals surface area contributed by atoms with Gasteiger partial charge in [-0.25, -0.2) is 0 Å². The summed E-state index contributed by atoms with van der Waals surface area (Å²) in [6.07, 6.45) is 4.90. The topological polar surface area (TPSA) is 25.1 Å². The summed E-state index contributed by atoms with van der Waals surface area (Å²) in [4.78, 5) is 0. The fourth-order valence-corrected chi connectivity index (χ4v) is 1.36. The molecular weight excluding hydrogens is 152 g/mol. The van der Waals surface area contributed by atoms with Crippen molar-refractivity contribution in [3.8, 4) is 0 Å². The molecule has 0 amide bonds. The average Bonchev–Trinajstić information content (AvgIpc) is 2.72. The molecule has 68 valence electrons. The van der Waals surface area contributed by atoms with Crippen molar-refractivity contribution >= 4 is 0 Å². The standard InChI is InChI=1S/C10H16O2/c1-7-10(4,11-7)6-5-8-9(2,3)12-8/h5-8H,1-4H3/b6-5+/t7-,8+,10-/m1/s1. The van der Waals surface area contributed by atoms with Crippen LogP contribution in [0.4, 0.5) is 0 Å². The van der Waals surface area contributed by atoms with Gasteiger partial charge in [0.25, 0.3) is 0 Å². The highest BCUT2D eigenvalue weighted by Gasteiger charge is 2.49. The van der Waals surface area contributed by atoms with Crippen molar-refractivity contribution in [3.63, 3.8) is 0 Å². The van der Waals surface area contributed by atoms with Crippen LogP contribution in [-0.4, -0.2) is 23.4 Å². The predicted molar refractivity (Wildman–Crippen MR) is 47.0 cm³/mol. The van der Waals surface area contributed by atoms with Crippen molar-refractivity contribution in [2.75, 3.05) is 0 Å². The van der Waals surface area contributed by atoms with Gasteiger partial charge in [-0.2, -0.15) is 0 Å². The van der Waals surface area contributed by atoms with E-state index < -0.39 is 0 Å². The zero-order valence-corrected chi connectivity index (χ0v) is 8.13. The molecule has 2 rings (SSSR count). The third kappa shape index (κ3) is 1.29. The first-order valence-electron chi connectivity index (χ1n) is 4.49. The van der Waals surface area contributed by atoms with Crippen LogP contribution < -0.4 is 0 Å². The van der Waals surface area contributed by atoms with E-state index in [0.717, 1.165) is 0 Å². The van der Waals surface area contributed by atoms with Crippen LogP contribution in [0.3, 0.4) is 0 Å². The van der Waals surface area contributed by atoms with Gasteiger partial charge in [0.2, 0.25) is 0 Å². The minimum atomic E-state index is -0.0119. The fourth-order valence-electron chi connectivity index (χ4n) is 1.36. The summed E-state index contributed by atoms with van der Waals surface area (Å²) >= 11 is 0. The Morgan fingerprint density at radius 1 is 1.17 bits per heavy atom. The third-order valence-electron chi connectivity index (χ3n) is 2.84. The molecule has 2 saturated heterocycles. The number of ether oxygens (including phenoxy) is 2. The second-order valence-corrected chi connectivity index (χ2v) is 4.44. The summed E-state index contributed by atoms with van der Waals surface area (Å²) in [6, 6.07) is 0. The Hall–Kier alpha value is -0.340. The fraction of sp³-hybridized carbons (Fsp3) is 0.800. The minimum absolute atomic E-state index is 0.0119. The smallest absolute Gasteiger partial charge is 0.110 e. The van der Waals surface area contributed by atoms with E-state index in [1.807, 2.05) is 0 Å². The Kier molecular flexibility index (Phi) is 1.46. The van der Waals surface area contributed by atoms with Gasteiger partial charge < -0.3 is 9.47 Å². The van der Waals surface area contributed by atoms with Crippen LogP contribution in [0.15, 0.2) is 12.2 Å². The van der Waals surface area contributed by atoms with Gasteiger partial charge >= 0.3 is 0 Å². The van der Waals surface area contributed by atoms with Gasteiger partial charge in [0.1, 0.15) is 11.7 Å². The van der Waals surface area contributed by atoms with Crippen LogP contribution in [0.2, 0.25) is 0 Å². The van der Waals surface area contributed by atoms with Gasteiger partial charge in [-0.1, -0.05) is 12.2 Å². The number of rotatable bonds is 2. The first-order valence-corrected chi connectivity index (χ1v) is 4.49. The van der Waals surface area contributed by atoms with E-state index in [9.17, 15) is 0 Å². The lowest BCUT2D eigenvalue weighted by Gasteiger charge is -1.94. The zero-order chi connectivity index (χ0) is 8.98. The van der Waals surface area contributed by atoms with Gasteiger partial charge in [0.15, 0.2) is 0 Å². The molecule has 0 saturated carbocycles. The number of hydrogen-bond acceptors (Lipinski definition) is 2. The maximum Gasteiger partial charge on any atom is 0.110 e. The SMILES string of the molecule is C[C@H]1O[C@]1(C)/C=C/[C@@H]1OC1(C)C. The largest absolute Gasteiger partial charge is 0.362 e. The van der Waals surface area contributed by atoms with E-state index in [1.165, 1.54) is 0 Å². The summed E-state index contributed by atoms with van der Waals surface area (Å²) in [5, 5.41) is 0. The van der Waals surface area contributed by atoms with Gasteiger partial charge in [-0.3, -0.25) is 0 Å². The van der Waals surface area contributed by atoms with Crippen LogP contribution in [0.25, 0.3) is 0 Å². The van der Waals surface area contributed by atoms with E-state index in [-0.39, 0.29) is 11.2 Å². The van der Waals surface area contributed by atoms with E-state index in [0.29, 0.717) is 12.2 Å². The lowest BCUT2D eigenvalue weighted by atomic mass is 10.1. The molecule has 2 heterocycles. The molecule has 0 aromatic carbocycles. The maximum atomic E-state index is 5.42. The van der Waals surface area contributed by atoms with Crippen molar-refractivity contribution in [1.29, 1.82) is 0 Å². The Morgan fingerprint density at radius 2 is 1.67 bits per heavy atom. The Labute approximate surface area is 73.5 Å². The molecule has 0 spiro atoms. The van der Waals surface area contributed by atoms with Crippen LogP contribution in [-0.2, 0) is 9.47 Å². The second-order valence-electron chi connectivity index (χ2n) is 4.44. The van der Waals surface area contributed by atoms with E-state index >= 15 is 0 Å². The molecule has 2 nitrogen and oxygen atoms in total. The first-order chi connectivity index (χ1) is 5.44. The molecule has 0 aromatic rings. The maximum absolute atomic E-state index is 5.42. The molecule has 0 bridgehead atoms. The van der Waals surface area contributed by atoms with E-state index in [2.05, 4.69) is 39.8 Å². The Morgan fingerprint density at radius 3 is 2.00 bits per heavy atom. The van der Waals surface area contributed by atoms with Gasteiger partial charge in [-0.05, 0) is 27.7 Å². The van der Waals surface area contributed by atoms with Crippen molar-refractivity contribution in [1.82, 2.24) is 0 Å². The van der Waals surface area contributed by atoms with E-state index in [1.54, 1.807) is 0 Å². The molecular formula is C10H16O2. The van der Waals surface area contributed by atoms with Gasteiger partial charge in [-0.15, -0.1) is 0 Å². The quantitative estimate of drug-likeness (QED) is 0.464. The summed E-state index contributed by atoms with van der Waals surface area (Å²) in [5.74, 6) is 0. The minimum Gasteiger partial charge on any atom is -0.362 e. The van der Waals surface area contributed by atoms with Crippen LogP contribution in [0, 0.1) is 0 Å². The lowest BCUT2D eigenvalue weighted by Crippen LogP contribution is -2.05. The molecule has 2 fully saturated rings. The Bertz CT molecular complexity index is 232. The van der Waals surface area contributed by atoms with Gasteiger partial charge in [0.05, 0.1) is 11.7 Å². The summed E-state index contributed by atoms with van der Waals surface area (Å²) in [6.45, 7) is 8.38. The molecule has 2 aliphatic rings. The monoisotopic (exact) mass is 168 g/mol. The molecule has 0 aliphatic carbocycles. The zero-order valence-electron chi connectivity index (χ0n) is 8.13. The molecule has 12 heavy (non-hydrogen) atoms. The molecule has 2 aliphatic heterocycles. The molecule has 0 aromatic heterocycles. The highest BCUT2D eigenvalue weighted by atomic mass is 16.6. The lowest BCUT2D eigenvalue weighted by molar-refractivity contribution is 0.331. The Balaban J connectivity index is 1.89. The highest BCUT2D eigenvalue weighted by molar-refractivity contribution is 5.18. The molecule has 3 atom stereocenters. The normalized spacial score (nSPS) is 49.7. The first kappa shape index (κ1) is 8.27. The van der Waals surface area contributed by atoms with Crippen molar-refractivity contribution in [2.24, 2.45) is 0 Å². The summed E-state index contributed by atoms with van der Waals surface area (Å²) in [5.41, 5.74) is 0.0486. The average molecular weight is 168 g/mol. The molecule has 0 N–H and O–H groups in total.